The van der Waals surface area contributed by atoms with Crippen molar-refractivity contribution in [2.45, 2.75) is 37.4 Å². The molecule has 146 valence electrons. The smallest absolute Gasteiger partial charge is 0.335 e. The monoisotopic (exact) mass is 378 g/mol. The predicted molar refractivity (Wildman–Crippen MR) is 93.9 cm³/mol. The highest BCUT2D eigenvalue weighted by atomic mass is 16.6. The van der Waals surface area contributed by atoms with Crippen LogP contribution in [0.4, 0.5) is 0 Å². The maximum absolute atomic E-state index is 11.9. The Morgan fingerprint density at radius 3 is 2.70 bits per heavy atom. The number of ether oxygens (including phenoxy) is 3. The van der Waals surface area contributed by atoms with Crippen molar-refractivity contribution < 1.29 is 34.0 Å². The molecule has 2 heterocycles. The van der Waals surface area contributed by atoms with Gasteiger partial charge in [-0.1, -0.05) is 6.07 Å². The molecule has 9 heteroatoms. The van der Waals surface area contributed by atoms with E-state index in [1.165, 1.54) is 14.2 Å². The average Bonchev–Trinajstić information content (AvgIpc) is 3.01. The van der Waals surface area contributed by atoms with Gasteiger partial charge in [-0.2, -0.15) is 0 Å². The number of fused-ring (bicyclic) bond motifs is 1. The molecule has 1 aromatic heterocycles. The molecule has 1 aromatic carbocycles. The van der Waals surface area contributed by atoms with Crippen LogP contribution in [0, 0.1) is 0 Å². The van der Waals surface area contributed by atoms with Crippen LogP contribution in [0.2, 0.25) is 0 Å². The van der Waals surface area contributed by atoms with E-state index in [9.17, 15) is 19.8 Å². The fourth-order valence-electron chi connectivity index (χ4n) is 3.43. The number of aliphatic hydroxyl groups is 2. The summed E-state index contributed by atoms with van der Waals surface area (Å²) in [7, 11) is 2.72. The van der Waals surface area contributed by atoms with Crippen LogP contribution in [0.5, 0.6) is 5.75 Å². The third kappa shape index (κ3) is 3.48. The molecule has 0 saturated carbocycles. The zero-order chi connectivity index (χ0) is 19.7. The molecule has 0 bridgehead atoms. The predicted octanol–water partition coefficient (Wildman–Crippen LogP) is -0.140. The molecule has 27 heavy (non-hydrogen) atoms. The number of nitrogens with two attached hydrogens (primary N) is 1. The van der Waals surface area contributed by atoms with E-state index < -0.39 is 36.4 Å². The van der Waals surface area contributed by atoms with Gasteiger partial charge in [0.1, 0.15) is 11.9 Å². The standard InChI is InChI=1S/C18H22N2O7/c1-25-12-5-3-4-10-15(12)9(6-14(19)22)8-20(10)17-16(23)11(21)7-13(27-17)18(24)26-2/h3-5,8,11,13,16-17,21,23H,6-7H2,1-2H3,(H2,19,22). The summed E-state index contributed by atoms with van der Waals surface area (Å²) >= 11 is 0. The maximum atomic E-state index is 11.9. The fourth-order valence-corrected chi connectivity index (χ4v) is 3.43. The van der Waals surface area contributed by atoms with Gasteiger partial charge in [-0.15, -0.1) is 0 Å². The van der Waals surface area contributed by atoms with E-state index >= 15 is 0 Å². The lowest BCUT2D eigenvalue weighted by molar-refractivity contribution is -0.209. The number of aliphatic hydroxyl groups excluding tert-OH is 2. The molecule has 1 fully saturated rings. The first-order valence-corrected chi connectivity index (χ1v) is 8.41. The Balaban J connectivity index is 2.12. The van der Waals surface area contributed by atoms with Crippen LogP contribution in [0.1, 0.15) is 18.2 Å². The number of hydrogen-bond acceptors (Lipinski definition) is 7. The molecular formula is C18H22N2O7. The summed E-state index contributed by atoms with van der Waals surface area (Å²) in [5, 5.41) is 21.3. The van der Waals surface area contributed by atoms with Gasteiger partial charge in [-0.05, 0) is 17.7 Å². The lowest BCUT2D eigenvalue weighted by atomic mass is 10.0. The number of methoxy groups -OCH3 is 2. The summed E-state index contributed by atoms with van der Waals surface area (Å²) in [5.41, 5.74) is 6.54. The Labute approximate surface area is 155 Å². The van der Waals surface area contributed by atoms with Gasteiger partial charge in [0.15, 0.2) is 12.3 Å². The van der Waals surface area contributed by atoms with Crippen LogP contribution in [0.3, 0.4) is 0 Å². The van der Waals surface area contributed by atoms with Gasteiger partial charge >= 0.3 is 5.97 Å². The summed E-state index contributed by atoms with van der Waals surface area (Å²) in [6, 6.07) is 5.24. The molecule has 1 saturated heterocycles. The number of benzene rings is 1. The molecule has 4 atom stereocenters. The van der Waals surface area contributed by atoms with Crippen molar-refractivity contribution in [3.05, 3.63) is 30.0 Å². The number of esters is 1. The molecule has 4 unspecified atom stereocenters. The third-order valence-electron chi connectivity index (χ3n) is 4.67. The number of aromatic nitrogens is 1. The highest BCUT2D eigenvalue weighted by molar-refractivity contribution is 5.93. The third-order valence-corrected chi connectivity index (χ3v) is 4.67. The van der Waals surface area contributed by atoms with Crippen molar-refractivity contribution in [2.75, 3.05) is 14.2 Å². The highest BCUT2D eigenvalue weighted by Crippen LogP contribution is 2.36. The topological polar surface area (TPSA) is 133 Å². The lowest BCUT2D eigenvalue weighted by Gasteiger charge is -2.36. The highest BCUT2D eigenvalue weighted by Gasteiger charge is 2.41. The van der Waals surface area contributed by atoms with Crippen LogP contribution in [-0.4, -0.2) is 59.2 Å². The van der Waals surface area contributed by atoms with E-state index in [1.807, 2.05) is 0 Å². The zero-order valence-electron chi connectivity index (χ0n) is 15.0. The molecule has 0 spiro atoms. The molecular weight excluding hydrogens is 356 g/mol. The number of carbonyl (C=O) groups excluding carboxylic acids is 2. The Bertz CT molecular complexity index is 863. The number of rotatable bonds is 5. The molecule has 9 nitrogen and oxygen atoms in total. The van der Waals surface area contributed by atoms with Crippen LogP contribution >= 0.6 is 0 Å². The van der Waals surface area contributed by atoms with E-state index in [0.29, 0.717) is 22.2 Å². The largest absolute Gasteiger partial charge is 0.496 e. The Morgan fingerprint density at radius 2 is 2.07 bits per heavy atom. The van der Waals surface area contributed by atoms with E-state index in [1.54, 1.807) is 29.0 Å². The van der Waals surface area contributed by atoms with Gasteiger partial charge < -0.3 is 34.7 Å². The second-order valence-corrected chi connectivity index (χ2v) is 6.39. The summed E-state index contributed by atoms with van der Waals surface area (Å²) in [6.07, 6.45) is -3.07. The van der Waals surface area contributed by atoms with Crippen molar-refractivity contribution in [3.8, 4) is 5.75 Å². The average molecular weight is 378 g/mol. The zero-order valence-corrected chi connectivity index (χ0v) is 15.0. The van der Waals surface area contributed by atoms with Gasteiger partial charge in [-0.3, -0.25) is 4.79 Å². The number of amides is 1. The van der Waals surface area contributed by atoms with Gasteiger partial charge in [0.05, 0.1) is 32.3 Å². The molecule has 0 aliphatic carbocycles. The first-order valence-electron chi connectivity index (χ1n) is 8.41. The van der Waals surface area contributed by atoms with Gasteiger partial charge in [-0.25, -0.2) is 4.79 Å². The summed E-state index contributed by atoms with van der Waals surface area (Å²) in [5.74, 6) is -0.646. The molecule has 1 amide bonds. The SMILES string of the molecule is COC(=O)C1CC(O)C(O)C(n2cc(CC(N)=O)c3c(OC)cccc32)O1. The molecule has 2 aromatic rings. The summed E-state index contributed by atoms with van der Waals surface area (Å²) in [4.78, 5) is 23.4. The van der Waals surface area contributed by atoms with Crippen molar-refractivity contribution in [2.24, 2.45) is 5.73 Å². The van der Waals surface area contributed by atoms with E-state index in [4.69, 9.17) is 19.9 Å². The minimum absolute atomic E-state index is 0.0460. The van der Waals surface area contributed by atoms with Gasteiger partial charge in [0, 0.05) is 18.0 Å². The Kier molecular flexibility index (Phi) is 5.36. The minimum Gasteiger partial charge on any atom is -0.496 e. The van der Waals surface area contributed by atoms with Crippen molar-refractivity contribution in [3.63, 3.8) is 0 Å². The Morgan fingerprint density at radius 1 is 1.33 bits per heavy atom. The number of primary amides is 1. The quantitative estimate of drug-likeness (QED) is 0.617. The summed E-state index contributed by atoms with van der Waals surface area (Å²) < 4.78 is 17.4. The molecule has 1 aliphatic heterocycles. The maximum Gasteiger partial charge on any atom is 0.335 e. The van der Waals surface area contributed by atoms with Gasteiger partial charge in [0.2, 0.25) is 5.91 Å². The van der Waals surface area contributed by atoms with Crippen LogP contribution in [-0.2, 0) is 25.5 Å². The molecule has 3 rings (SSSR count). The Hall–Kier alpha value is -2.62. The van der Waals surface area contributed by atoms with Crippen molar-refractivity contribution >= 4 is 22.8 Å². The van der Waals surface area contributed by atoms with Crippen molar-refractivity contribution in [1.82, 2.24) is 4.57 Å². The number of hydrogen-bond donors (Lipinski definition) is 3. The second kappa shape index (κ2) is 7.55. The minimum atomic E-state index is -1.28. The van der Waals surface area contributed by atoms with E-state index in [2.05, 4.69) is 0 Å². The second-order valence-electron chi connectivity index (χ2n) is 6.39. The van der Waals surface area contributed by atoms with E-state index in [-0.39, 0.29) is 12.8 Å². The lowest BCUT2D eigenvalue weighted by Crippen LogP contribution is -2.48. The van der Waals surface area contributed by atoms with Crippen LogP contribution < -0.4 is 10.5 Å². The van der Waals surface area contributed by atoms with Crippen molar-refractivity contribution in [1.29, 1.82) is 0 Å². The molecule has 0 radical (unpaired) electrons. The normalized spacial score (nSPS) is 25.3. The number of carbonyl (C=O) groups is 2. The molecule has 1 aliphatic rings. The van der Waals surface area contributed by atoms with Crippen LogP contribution in [0.25, 0.3) is 10.9 Å². The van der Waals surface area contributed by atoms with E-state index in [0.717, 1.165) is 0 Å². The molecule has 4 N–H and O–H groups in total. The first-order chi connectivity index (χ1) is 12.9. The van der Waals surface area contributed by atoms with Crippen LogP contribution in [0.15, 0.2) is 24.4 Å². The first kappa shape index (κ1) is 19.2. The summed E-state index contributed by atoms with van der Waals surface area (Å²) in [6.45, 7) is 0. The van der Waals surface area contributed by atoms with Gasteiger partial charge in [0.25, 0.3) is 0 Å². The fraction of sp³-hybridized carbons (Fsp3) is 0.444. The number of nitrogens with zero attached hydrogens (tertiary/aromatic N) is 1.